The van der Waals surface area contributed by atoms with Gasteiger partial charge >= 0.3 is 0 Å². The molecule has 3 rings (SSSR count). The standard InChI is InChI=1S/C16H14ClN3O2S/c17-12-5-2-1-4-11(12)10-18-14(21)7-8-15-19-16(20-22-15)13-6-3-9-23-13/h1-6,9H,7-8,10H2,(H,18,21). The predicted octanol–water partition coefficient (Wildman–Crippen LogP) is 3.70. The third kappa shape index (κ3) is 4.18. The Kier molecular flexibility index (Phi) is 5.05. The van der Waals surface area contributed by atoms with E-state index in [9.17, 15) is 4.79 Å². The van der Waals surface area contributed by atoms with Crippen LogP contribution < -0.4 is 5.32 Å². The highest BCUT2D eigenvalue weighted by molar-refractivity contribution is 7.13. The van der Waals surface area contributed by atoms with Crippen LogP contribution in [-0.2, 0) is 17.8 Å². The van der Waals surface area contributed by atoms with E-state index >= 15 is 0 Å². The number of rotatable bonds is 6. The van der Waals surface area contributed by atoms with Crippen molar-refractivity contribution in [2.24, 2.45) is 0 Å². The molecule has 0 spiro atoms. The van der Waals surface area contributed by atoms with Crippen molar-refractivity contribution in [2.45, 2.75) is 19.4 Å². The maximum atomic E-state index is 11.9. The molecule has 1 amide bonds. The van der Waals surface area contributed by atoms with Crippen molar-refractivity contribution in [3.05, 3.63) is 58.3 Å². The molecule has 7 heteroatoms. The first-order chi connectivity index (χ1) is 11.2. The average Bonchev–Trinajstić information content (AvgIpc) is 3.23. The van der Waals surface area contributed by atoms with Crippen LogP contribution in [0.2, 0.25) is 5.02 Å². The zero-order valence-corrected chi connectivity index (χ0v) is 13.7. The first-order valence-electron chi connectivity index (χ1n) is 7.09. The van der Waals surface area contributed by atoms with Crippen LogP contribution in [0.5, 0.6) is 0 Å². The van der Waals surface area contributed by atoms with Gasteiger partial charge in [0, 0.05) is 24.4 Å². The number of halogens is 1. The van der Waals surface area contributed by atoms with E-state index in [1.807, 2.05) is 35.7 Å². The number of thiophene rings is 1. The van der Waals surface area contributed by atoms with Crippen LogP contribution in [0.25, 0.3) is 10.7 Å². The van der Waals surface area contributed by atoms with E-state index in [1.165, 1.54) is 0 Å². The summed E-state index contributed by atoms with van der Waals surface area (Å²) in [5.41, 5.74) is 0.889. The van der Waals surface area contributed by atoms with Crippen molar-refractivity contribution in [3.8, 4) is 10.7 Å². The van der Waals surface area contributed by atoms with Crippen molar-refractivity contribution >= 4 is 28.8 Å². The molecule has 0 aliphatic carbocycles. The highest BCUT2D eigenvalue weighted by Crippen LogP contribution is 2.21. The fraction of sp³-hybridized carbons (Fsp3) is 0.188. The van der Waals surface area contributed by atoms with E-state index in [4.69, 9.17) is 16.1 Å². The van der Waals surface area contributed by atoms with Crippen LogP contribution in [0, 0.1) is 0 Å². The smallest absolute Gasteiger partial charge is 0.227 e. The molecule has 0 saturated heterocycles. The van der Waals surface area contributed by atoms with Gasteiger partial charge in [-0.05, 0) is 23.1 Å². The van der Waals surface area contributed by atoms with Crippen molar-refractivity contribution in [1.82, 2.24) is 15.5 Å². The Bertz CT molecular complexity index is 786. The average molecular weight is 348 g/mol. The molecule has 0 aliphatic rings. The van der Waals surface area contributed by atoms with Gasteiger partial charge < -0.3 is 9.84 Å². The summed E-state index contributed by atoms with van der Waals surface area (Å²) in [6.45, 7) is 0.406. The zero-order chi connectivity index (χ0) is 16.1. The molecule has 0 fully saturated rings. The number of hydrogen-bond donors (Lipinski definition) is 1. The molecule has 5 nitrogen and oxygen atoms in total. The lowest BCUT2D eigenvalue weighted by atomic mass is 10.2. The van der Waals surface area contributed by atoms with Crippen LogP contribution in [-0.4, -0.2) is 16.0 Å². The number of amides is 1. The normalized spacial score (nSPS) is 10.7. The van der Waals surface area contributed by atoms with Gasteiger partial charge in [0.05, 0.1) is 4.88 Å². The van der Waals surface area contributed by atoms with Crippen LogP contribution in [0.3, 0.4) is 0 Å². The number of carbonyl (C=O) groups excluding carboxylic acids is 1. The number of aryl methyl sites for hydroxylation is 1. The Morgan fingerprint density at radius 2 is 2.13 bits per heavy atom. The second kappa shape index (κ2) is 7.39. The fourth-order valence-electron chi connectivity index (χ4n) is 2.01. The number of hydrogen-bond acceptors (Lipinski definition) is 5. The lowest BCUT2D eigenvalue weighted by molar-refractivity contribution is -0.121. The fourth-order valence-corrected chi connectivity index (χ4v) is 2.86. The summed E-state index contributed by atoms with van der Waals surface area (Å²) in [6, 6.07) is 11.3. The largest absolute Gasteiger partial charge is 0.352 e. The molecule has 3 aromatic rings. The van der Waals surface area contributed by atoms with Crippen molar-refractivity contribution < 1.29 is 9.32 Å². The summed E-state index contributed by atoms with van der Waals surface area (Å²) >= 11 is 7.59. The van der Waals surface area contributed by atoms with Crippen molar-refractivity contribution in [3.63, 3.8) is 0 Å². The molecule has 0 unspecified atom stereocenters. The number of nitrogens with one attached hydrogen (secondary N) is 1. The van der Waals surface area contributed by atoms with E-state index in [0.717, 1.165) is 10.4 Å². The summed E-state index contributed by atoms with van der Waals surface area (Å²) in [5.74, 6) is 0.938. The summed E-state index contributed by atoms with van der Waals surface area (Å²) in [4.78, 5) is 17.1. The van der Waals surface area contributed by atoms with Gasteiger partial charge in [0.2, 0.25) is 17.6 Å². The minimum atomic E-state index is -0.0826. The molecule has 0 radical (unpaired) electrons. The molecule has 1 N–H and O–H groups in total. The monoisotopic (exact) mass is 347 g/mol. The lowest BCUT2D eigenvalue weighted by Crippen LogP contribution is -2.23. The van der Waals surface area contributed by atoms with Gasteiger partial charge in [-0.2, -0.15) is 4.98 Å². The molecule has 23 heavy (non-hydrogen) atoms. The Hall–Kier alpha value is -2.18. The van der Waals surface area contributed by atoms with E-state index < -0.39 is 0 Å². The first-order valence-corrected chi connectivity index (χ1v) is 8.34. The predicted molar refractivity (Wildman–Crippen MR) is 89.2 cm³/mol. The minimum absolute atomic E-state index is 0.0826. The zero-order valence-electron chi connectivity index (χ0n) is 12.2. The van der Waals surface area contributed by atoms with Crippen molar-refractivity contribution in [2.75, 3.05) is 0 Å². The molecule has 0 saturated carbocycles. The van der Waals surface area contributed by atoms with Gasteiger partial charge in [0.25, 0.3) is 0 Å². The number of aromatic nitrogens is 2. The lowest BCUT2D eigenvalue weighted by Gasteiger charge is -2.05. The topological polar surface area (TPSA) is 68.0 Å². The SMILES string of the molecule is O=C(CCc1nc(-c2cccs2)no1)NCc1ccccc1Cl. The molecule has 2 aromatic heterocycles. The van der Waals surface area contributed by atoms with Gasteiger partial charge in [0.15, 0.2) is 0 Å². The number of benzene rings is 1. The van der Waals surface area contributed by atoms with Gasteiger partial charge in [-0.15, -0.1) is 11.3 Å². The van der Waals surface area contributed by atoms with Gasteiger partial charge in [0.1, 0.15) is 0 Å². The highest BCUT2D eigenvalue weighted by atomic mass is 35.5. The second-order valence-electron chi connectivity index (χ2n) is 4.86. The second-order valence-corrected chi connectivity index (χ2v) is 6.21. The molecule has 118 valence electrons. The molecule has 0 aliphatic heterocycles. The van der Waals surface area contributed by atoms with E-state index in [1.54, 1.807) is 17.4 Å². The summed E-state index contributed by atoms with van der Waals surface area (Å²) in [6.07, 6.45) is 0.698. The van der Waals surface area contributed by atoms with E-state index in [-0.39, 0.29) is 12.3 Å². The van der Waals surface area contributed by atoms with Gasteiger partial charge in [-0.1, -0.05) is 41.0 Å². The van der Waals surface area contributed by atoms with E-state index in [2.05, 4.69) is 15.5 Å². The molecule has 1 aromatic carbocycles. The Morgan fingerprint density at radius 3 is 2.91 bits per heavy atom. The molecule has 0 atom stereocenters. The Labute approximate surface area is 142 Å². The first kappa shape index (κ1) is 15.7. The summed E-state index contributed by atoms with van der Waals surface area (Å²) < 4.78 is 5.17. The van der Waals surface area contributed by atoms with Crippen LogP contribution in [0.15, 0.2) is 46.3 Å². The van der Waals surface area contributed by atoms with Crippen LogP contribution in [0.4, 0.5) is 0 Å². The Balaban J connectivity index is 1.49. The van der Waals surface area contributed by atoms with Gasteiger partial charge in [-0.3, -0.25) is 4.79 Å². The quantitative estimate of drug-likeness (QED) is 0.738. The van der Waals surface area contributed by atoms with Crippen molar-refractivity contribution in [1.29, 1.82) is 0 Å². The maximum Gasteiger partial charge on any atom is 0.227 e. The number of carbonyl (C=O) groups is 1. The third-order valence-corrected chi connectivity index (χ3v) is 4.44. The van der Waals surface area contributed by atoms with E-state index in [0.29, 0.717) is 29.7 Å². The molecular formula is C16H14ClN3O2S. The van der Waals surface area contributed by atoms with Crippen LogP contribution >= 0.6 is 22.9 Å². The van der Waals surface area contributed by atoms with Crippen LogP contribution in [0.1, 0.15) is 17.9 Å². The minimum Gasteiger partial charge on any atom is -0.352 e. The molecule has 0 bridgehead atoms. The van der Waals surface area contributed by atoms with Gasteiger partial charge in [-0.25, -0.2) is 0 Å². The summed E-state index contributed by atoms with van der Waals surface area (Å²) in [5, 5.41) is 9.35. The Morgan fingerprint density at radius 1 is 1.26 bits per heavy atom. The third-order valence-electron chi connectivity index (χ3n) is 3.21. The summed E-state index contributed by atoms with van der Waals surface area (Å²) in [7, 11) is 0. The molecular weight excluding hydrogens is 334 g/mol. The number of nitrogens with zero attached hydrogens (tertiary/aromatic N) is 2. The highest BCUT2D eigenvalue weighted by Gasteiger charge is 2.11. The molecule has 2 heterocycles. The maximum absolute atomic E-state index is 11.9.